The van der Waals surface area contributed by atoms with Gasteiger partial charge in [0.2, 0.25) is 0 Å². The van der Waals surface area contributed by atoms with E-state index in [1.807, 2.05) is 39.5 Å². The number of benzene rings is 1. The number of hydrogen-bond acceptors (Lipinski definition) is 8. The molecule has 1 heterocycles. The number of alkyl carbamates (subject to hydrolysis) is 1. The Kier molecular flexibility index (Phi) is 11.8. The lowest BCUT2D eigenvalue weighted by Gasteiger charge is -2.32. The number of carbonyl (C=O) groups is 3. The highest BCUT2D eigenvalue weighted by molar-refractivity contribution is 5.95. The van der Waals surface area contributed by atoms with Crippen molar-refractivity contribution in [3.63, 3.8) is 0 Å². The first-order chi connectivity index (χ1) is 21.4. The summed E-state index contributed by atoms with van der Waals surface area (Å²) in [6, 6.07) is 5.09. The van der Waals surface area contributed by atoms with E-state index in [0.717, 1.165) is 25.7 Å². The Morgan fingerprint density at radius 2 is 1.64 bits per heavy atom. The van der Waals surface area contributed by atoms with Crippen LogP contribution in [0.2, 0.25) is 0 Å². The van der Waals surface area contributed by atoms with E-state index in [1.165, 1.54) is 0 Å². The van der Waals surface area contributed by atoms with Crippen LogP contribution >= 0.6 is 0 Å². The predicted octanol–water partition coefficient (Wildman–Crippen LogP) is 5.36. The Hall–Kier alpha value is -3.21. The minimum Gasteiger partial charge on any atom is -0.493 e. The van der Waals surface area contributed by atoms with Gasteiger partial charge in [-0.2, -0.15) is 0 Å². The van der Waals surface area contributed by atoms with E-state index < -0.39 is 17.8 Å². The Morgan fingerprint density at radius 1 is 0.978 bits per heavy atom. The van der Waals surface area contributed by atoms with Crippen LogP contribution in [0.3, 0.4) is 0 Å². The van der Waals surface area contributed by atoms with Crippen LogP contribution in [0.4, 0.5) is 9.59 Å². The van der Waals surface area contributed by atoms with Crippen molar-refractivity contribution in [2.45, 2.75) is 84.5 Å². The number of amides is 3. The number of likely N-dealkylation sites (tertiary alicyclic amines) is 1. The summed E-state index contributed by atoms with van der Waals surface area (Å²) >= 11 is 0. The van der Waals surface area contributed by atoms with E-state index in [2.05, 4.69) is 5.32 Å². The molecule has 11 nitrogen and oxygen atoms in total. The molecular formula is C34H53N3O8. The van der Waals surface area contributed by atoms with E-state index in [-0.39, 0.29) is 29.9 Å². The largest absolute Gasteiger partial charge is 0.493 e. The van der Waals surface area contributed by atoms with Crippen molar-refractivity contribution in [2.24, 2.45) is 23.7 Å². The average Bonchev–Trinajstić information content (AvgIpc) is 3.92. The van der Waals surface area contributed by atoms with Crippen molar-refractivity contribution in [3.8, 4) is 11.5 Å². The molecule has 2 saturated carbocycles. The van der Waals surface area contributed by atoms with Gasteiger partial charge in [0.25, 0.3) is 5.91 Å². The molecule has 1 aliphatic heterocycles. The normalized spacial score (nSPS) is 19.9. The lowest BCUT2D eigenvalue weighted by Crippen LogP contribution is -2.44. The molecule has 1 saturated heterocycles. The fraction of sp³-hybridized carbons (Fsp3) is 0.735. The number of rotatable bonds is 15. The smallest absolute Gasteiger partial charge is 0.410 e. The van der Waals surface area contributed by atoms with Gasteiger partial charge in [0.1, 0.15) is 11.7 Å². The van der Waals surface area contributed by atoms with Crippen LogP contribution in [0.25, 0.3) is 0 Å². The second kappa shape index (κ2) is 15.4. The standard InChI is InChI=1S/C34H53N3O8/c1-22(2)37(31(38)25-13-14-28(42-7)29(17-25)43-16-8-15-41-6)21-27-20-36(33(40)45-34(3,4)5)19-26(27)18-35-32(39)44-30(23-9-10-23)24-11-12-24/h13-14,17,22-24,26-27,30H,8-12,15-16,18-21H2,1-7H3,(H,35,39)/t26-,27+/m0/s1. The first kappa shape index (κ1) is 34.7. The molecule has 2 aliphatic carbocycles. The summed E-state index contributed by atoms with van der Waals surface area (Å²) in [6.07, 6.45) is 4.41. The summed E-state index contributed by atoms with van der Waals surface area (Å²) in [4.78, 5) is 43.4. The molecule has 4 rings (SSSR count). The molecule has 252 valence electrons. The Labute approximate surface area is 268 Å². The average molecular weight is 632 g/mol. The zero-order chi connectivity index (χ0) is 32.7. The third-order valence-electron chi connectivity index (χ3n) is 8.63. The molecule has 0 aromatic heterocycles. The molecule has 45 heavy (non-hydrogen) atoms. The highest BCUT2D eigenvalue weighted by atomic mass is 16.6. The van der Waals surface area contributed by atoms with Crippen molar-refractivity contribution in [2.75, 3.05) is 53.6 Å². The molecule has 0 unspecified atom stereocenters. The van der Waals surface area contributed by atoms with Gasteiger partial charge < -0.3 is 38.8 Å². The molecular weight excluding hydrogens is 578 g/mol. The molecule has 1 aromatic carbocycles. The predicted molar refractivity (Wildman–Crippen MR) is 170 cm³/mol. The zero-order valence-corrected chi connectivity index (χ0v) is 28.1. The maximum Gasteiger partial charge on any atom is 0.410 e. The highest BCUT2D eigenvalue weighted by Gasteiger charge is 2.44. The van der Waals surface area contributed by atoms with Gasteiger partial charge in [0, 0.05) is 69.8 Å². The minimum absolute atomic E-state index is 0.00929. The zero-order valence-electron chi connectivity index (χ0n) is 28.1. The van der Waals surface area contributed by atoms with Crippen molar-refractivity contribution in [1.29, 1.82) is 0 Å². The van der Waals surface area contributed by atoms with Crippen molar-refractivity contribution < 1.29 is 38.1 Å². The van der Waals surface area contributed by atoms with Crippen LogP contribution in [0, 0.1) is 23.7 Å². The Bertz CT molecular complexity index is 1150. The molecule has 0 radical (unpaired) electrons. The van der Waals surface area contributed by atoms with Gasteiger partial charge in [0.05, 0.1) is 13.7 Å². The van der Waals surface area contributed by atoms with Crippen LogP contribution in [-0.2, 0) is 14.2 Å². The summed E-state index contributed by atoms with van der Waals surface area (Å²) in [6.45, 7) is 12.0. The number of nitrogens with zero attached hydrogens (tertiary/aromatic N) is 2. The van der Waals surface area contributed by atoms with Crippen LogP contribution in [-0.4, -0.2) is 99.3 Å². The van der Waals surface area contributed by atoms with Crippen LogP contribution in [0.1, 0.15) is 77.1 Å². The van der Waals surface area contributed by atoms with E-state index in [4.69, 9.17) is 23.7 Å². The van der Waals surface area contributed by atoms with E-state index in [0.29, 0.717) is 74.7 Å². The topological polar surface area (TPSA) is 116 Å². The minimum atomic E-state index is -0.634. The maximum absolute atomic E-state index is 14.0. The summed E-state index contributed by atoms with van der Waals surface area (Å²) < 4.78 is 28.0. The molecule has 2 atom stereocenters. The molecule has 3 aliphatic rings. The molecule has 11 heteroatoms. The summed E-state index contributed by atoms with van der Waals surface area (Å²) in [5, 5.41) is 2.99. The van der Waals surface area contributed by atoms with Crippen molar-refractivity contribution in [1.82, 2.24) is 15.1 Å². The summed E-state index contributed by atoms with van der Waals surface area (Å²) in [5.74, 6) is 1.71. The summed E-state index contributed by atoms with van der Waals surface area (Å²) in [7, 11) is 3.21. The lowest BCUT2D eigenvalue weighted by atomic mass is 9.94. The van der Waals surface area contributed by atoms with E-state index in [1.54, 1.807) is 37.3 Å². The third-order valence-corrected chi connectivity index (χ3v) is 8.63. The number of ether oxygens (including phenoxy) is 5. The van der Waals surface area contributed by atoms with Gasteiger partial charge in [-0.3, -0.25) is 4.79 Å². The van der Waals surface area contributed by atoms with E-state index in [9.17, 15) is 14.4 Å². The van der Waals surface area contributed by atoms with Crippen molar-refractivity contribution in [3.05, 3.63) is 23.8 Å². The van der Waals surface area contributed by atoms with E-state index >= 15 is 0 Å². The molecule has 3 amide bonds. The number of carbonyl (C=O) groups excluding carboxylic acids is 3. The quantitative estimate of drug-likeness (QED) is 0.257. The van der Waals surface area contributed by atoms with Crippen LogP contribution < -0.4 is 14.8 Å². The first-order valence-corrected chi connectivity index (χ1v) is 16.4. The monoisotopic (exact) mass is 631 g/mol. The van der Waals surface area contributed by atoms with Crippen LogP contribution in [0.15, 0.2) is 18.2 Å². The molecule has 1 aromatic rings. The highest BCUT2D eigenvalue weighted by Crippen LogP contribution is 2.46. The molecule has 0 spiro atoms. The Balaban J connectivity index is 1.46. The van der Waals surface area contributed by atoms with Gasteiger partial charge in [-0.1, -0.05) is 0 Å². The van der Waals surface area contributed by atoms with Gasteiger partial charge in [0.15, 0.2) is 11.5 Å². The number of methoxy groups -OCH3 is 2. The second-order valence-corrected chi connectivity index (χ2v) is 13.9. The second-order valence-electron chi connectivity index (χ2n) is 13.9. The number of nitrogens with one attached hydrogen (secondary N) is 1. The van der Waals surface area contributed by atoms with Gasteiger partial charge in [-0.25, -0.2) is 9.59 Å². The van der Waals surface area contributed by atoms with Gasteiger partial charge >= 0.3 is 12.2 Å². The first-order valence-electron chi connectivity index (χ1n) is 16.4. The SMILES string of the molecule is COCCCOc1cc(C(=O)N(C[C@H]2CN(C(=O)OC(C)(C)C)C[C@@H]2CNC(=O)OC(C2CC2)C2CC2)C(C)C)ccc1OC. The number of hydrogen-bond donors (Lipinski definition) is 1. The fourth-order valence-electron chi connectivity index (χ4n) is 5.91. The van der Waals surface area contributed by atoms with Crippen molar-refractivity contribution >= 4 is 18.1 Å². The summed E-state index contributed by atoms with van der Waals surface area (Å²) in [5.41, 5.74) is -0.150. The van der Waals surface area contributed by atoms with Gasteiger partial charge in [-0.15, -0.1) is 0 Å². The fourth-order valence-corrected chi connectivity index (χ4v) is 5.91. The van der Waals surface area contributed by atoms with Gasteiger partial charge in [-0.05, 0) is 90.3 Å². The maximum atomic E-state index is 14.0. The van der Waals surface area contributed by atoms with Crippen LogP contribution in [0.5, 0.6) is 11.5 Å². The Morgan fingerprint density at radius 3 is 2.22 bits per heavy atom. The lowest BCUT2D eigenvalue weighted by molar-refractivity contribution is 0.0282. The molecule has 0 bridgehead atoms. The molecule has 1 N–H and O–H groups in total. The third kappa shape index (κ3) is 10.1. The molecule has 3 fully saturated rings.